The first-order chi connectivity index (χ1) is 7.35. The summed E-state index contributed by atoms with van der Waals surface area (Å²) in [6.45, 7) is 6.60. The van der Waals surface area contributed by atoms with E-state index in [0.29, 0.717) is 0 Å². The van der Waals surface area contributed by atoms with Crippen molar-refractivity contribution in [1.29, 1.82) is 0 Å². The summed E-state index contributed by atoms with van der Waals surface area (Å²) in [5.74, 6) is 0. The second-order valence-corrected chi connectivity index (χ2v) is 4.00. The van der Waals surface area contributed by atoms with Crippen molar-refractivity contribution in [3.05, 3.63) is 35.4 Å². The Bertz CT molecular complexity index is 362. The van der Waals surface area contributed by atoms with Crippen LogP contribution in [0, 0.1) is 0 Å². The van der Waals surface area contributed by atoms with E-state index in [0.717, 1.165) is 13.1 Å². The Morgan fingerprint density at radius 2 is 2.00 bits per heavy atom. The largest absolute Gasteiger partial charge is 0.372 e. The molecular weight excluding hydrogens is 182 g/mol. The Kier molecular flexibility index (Phi) is 3.10. The third-order valence-corrected chi connectivity index (χ3v) is 3.13. The fourth-order valence-electron chi connectivity index (χ4n) is 2.21. The lowest BCUT2D eigenvalue weighted by Gasteiger charge is -2.23. The lowest BCUT2D eigenvalue weighted by Crippen LogP contribution is -2.22. The fraction of sp³-hybridized carbons (Fsp3) is 0.429. The highest BCUT2D eigenvalue weighted by molar-refractivity contribution is 5.62. The number of hydrogen-bond donors (Lipinski definition) is 0. The van der Waals surface area contributed by atoms with Crippen LogP contribution in [0.15, 0.2) is 24.3 Å². The predicted octanol–water partition coefficient (Wildman–Crippen LogP) is 3.49. The molecule has 0 heterocycles. The molecule has 0 aromatic heterocycles. The van der Waals surface area contributed by atoms with Crippen molar-refractivity contribution in [2.75, 3.05) is 18.0 Å². The Morgan fingerprint density at radius 3 is 2.73 bits per heavy atom. The summed E-state index contributed by atoms with van der Waals surface area (Å²) >= 11 is 0. The number of fused-ring (bicyclic) bond motifs is 1. The zero-order valence-electron chi connectivity index (χ0n) is 9.66. The van der Waals surface area contributed by atoms with Crippen molar-refractivity contribution in [1.82, 2.24) is 0 Å². The Morgan fingerprint density at radius 1 is 1.20 bits per heavy atom. The van der Waals surface area contributed by atoms with Crippen LogP contribution in [0.25, 0.3) is 6.08 Å². The number of anilines is 1. The first kappa shape index (κ1) is 10.3. The van der Waals surface area contributed by atoms with E-state index >= 15 is 0 Å². The third kappa shape index (κ3) is 2.06. The van der Waals surface area contributed by atoms with E-state index < -0.39 is 0 Å². The first-order valence-corrected chi connectivity index (χ1v) is 5.89. The van der Waals surface area contributed by atoms with E-state index in [1.54, 1.807) is 0 Å². The molecule has 0 saturated heterocycles. The Balaban J connectivity index is 2.31. The van der Waals surface area contributed by atoms with Crippen LogP contribution in [-0.4, -0.2) is 13.1 Å². The normalized spacial score (nSPS) is 13.7. The van der Waals surface area contributed by atoms with Crippen molar-refractivity contribution >= 4 is 11.8 Å². The van der Waals surface area contributed by atoms with Gasteiger partial charge in [-0.15, -0.1) is 0 Å². The molecule has 0 aliphatic heterocycles. The van der Waals surface area contributed by atoms with Crippen molar-refractivity contribution in [3.63, 3.8) is 0 Å². The van der Waals surface area contributed by atoms with E-state index in [9.17, 15) is 0 Å². The zero-order chi connectivity index (χ0) is 10.7. The summed E-state index contributed by atoms with van der Waals surface area (Å²) in [6.07, 6.45) is 6.89. The maximum absolute atomic E-state index is 2.40. The summed E-state index contributed by atoms with van der Waals surface area (Å²) in [5.41, 5.74) is 4.27. The van der Waals surface area contributed by atoms with Gasteiger partial charge in [-0.05, 0) is 49.9 Å². The monoisotopic (exact) mass is 201 g/mol. The molecule has 0 atom stereocenters. The van der Waals surface area contributed by atoms with Gasteiger partial charge in [0.25, 0.3) is 0 Å². The molecule has 1 aliphatic rings. The van der Waals surface area contributed by atoms with E-state index in [1.165, 1.54) is 29.7 Å². The first-order valence-electron chi connectivity index (χ1n) is 5.89. The minimum absolute atomic E-state index is 1.09. The van der Waals surface area contributed by atoms with Gasteiger partial charge in [-0.1, -0.05) is 18.2 Å². The van der Waals surface area contributed by atoms with Crippen LogP contribution in [0.3, 0.4) is 0 Å². The molecule has 1 aromatic carbocycles. The highest BCUT2D eigenvalue weighted by Crippen LogP contribution is 2.24. The highest BCUT2D eigenvalue weighted by Gasteiger charge is 2.07. The number of aryl methyl sites for hydroxylation is 1. The van der Waals surface area contributed by atoms with Crippen molar-refractivity contribution in [2.45, 2.75) is 26.7 Å². The number of allylic oxidation sites excluding steroid dienone is 1. The molecule has 1 heteroatoms. The predicted molar refractivity (Wildman–Crippen MR) is 67.4 cm³/mol. The average Bonchev–Trinajstić information content (AvgIpc) is 2.30. The molecule has 15 heavy (non-hydrogen) atoms. The van der Waals surface area contributed by atoms with Gasteiger partial charge in [0.05, 0.1) is 0 Å². The van der Waals surface area contributed by atoms with Crippen LogP contribution >= 0.6 is 0 Å². The molecule has 1 nitrogen and oxygen atoms in total. The SMILES string of the molecule is CCN(CC)c1ccc2c(c1)CCC=C2. The van der Waals surface area contributed by atoms with Gasteiger partial charge in [-0.3, -0.25) is 0 Å². The summed E-state index contributed by atoms with van der Waals surface area (Å²) in [7, 11) is 0. The average molecular weight is 201 g/mol. The molecule has 1 aromatic rings. The van der Waals surface area contributed by atoms with Crippen LogP contribution in [0.1, 0.15) is 31.4 Å². The van der Waals surface area contributed by atoms with E-state index in [1.807, 2.05) is 0 Å². The molecule has 1 aliphatic carbocycles. The van der Waals surface area contributed by atoms with Crippen LogP contribution in [0.2, 0.25) is 0 Å². The smallest absolute Gasteiger partial charge is 0.0369 e. The molecular formula is C14H19N. The van der Waals surface area contributed by atoms with Gasteiger partial charge in [0.2, 0.25) is 0 Å². The topological polar surface area (TPSA) is 3.24 Å². The van der Waals surface area contributed by atoms with Gasteiger partial charge < -0.3 is 4.90 Å². The molecule has 0 bridgehead atoms. The van der Waals surface area contributed by atoms with E-state index in [-0.39, 0.29) is 0 Å². The molecule has 0 radical (unpaired) electrons. The molecule has 0 amide bonds. The molecule has 2 rings (SSSR count). The number of hydrogen-bond acceptors (Lipinski definition) is 1. The second-order valence-electron chi connectivity index (χ2n) is 4.00. The lowest BCUT2D eigenvalue weighted by atomic mass is 9.97. The number of benzene rings is 1. The van der Waals surface area contributed by atoms with E-state index in [4.69, 9.17) is 0 Å². The molecule has 0 saturated carbocycles. The minimum Gasteiger partial charge on any atom is -0.372 e. The van der Waals surface area contributed by atoms with Crippen LogP contribution in [0.5, 0.6) is 0 Å². The maximum Gasteiger partial charge on any atom is 0.0369 e. The van der Waals surface area contributed by atoms with Crippen molar-refractivity contribution in [3.8, 4) is 0 Å². The number of rotatable bonds is 3. The summed E-state index contributed by atoms with van der Waals surface area (Å²) < 4.78 is 0. The van der Waals surface area contributed by atoms with Crippen molar-refractivity contribution in [2.24, 2.45) is 0 Å². The van der Waals surface area contributed by atoms with Crippen LogP contribution < -0.4 is 4.90 Å². The minimum atomic E-state index is 1.09. The lowest BCUT2D eigenvalue weighted by molar-refractivity contribution is 0.862. The second kappa shape index (κ2) is 4.52. The van der Waals surface area contributed by atoms with Gasteiger partial charge in [0.1, 0.15) is 0 Å². The van der Waals surface area contributed by atoms with Gasteiger partial charge in [-0.25, -0.2) is 0 Å². The van der Waals surface area contributed by atoms with Gasteiger partial charge in [0, 0.05) is 18.8 Å². The Labute approximate surface area is 92.4 Å². The van der Waals surface area contributed by atoms with Crippen LogP contribution in [0.4, 0.5) is 5.69 Å². The third-order valence-electron chi connectivity index (χ3n) is 3.13. The quantitative estimate of drug-likeness (QED) is 0.723. The molecule has 0 spiro atoms. The van der Waals surface area contributed by atoms with Gasteiger partial charge in [0.15, 0.2) is 0 Å². The summed E-state index contributed by atoms with van der Waals surface area (Å²) in [5, 5.41) is 0. The zero-order valence-corrected chi connectivity index (χ0v) is 9.66. The van der Waals surface area contributed by atoms with Gasteiger partial charge in [-0.2, -0.15) is 0 Å². The Hall–Kier alpha value is -1.24. The molecule has 80 valence electrons. The standard InChI is InChI=1S/C14H19N/c1-3-15(4-2)14-10-9-12-7-5-6-8-13(12)11-14/h5,7,9-11H,3-4,6,8H2,1-2H3. The summed E-state index contributed by atoms with van der Waals surface area (Å²) in [4.78, 5) is 2.40. The highest BCUT2D eigenvalue weighted by atomic mass is 15.1. The van der Waals surface area contributed by atoms with Crippen molar-refractivity contribution < 1.29 is 0 Å². The van der Waals surface area contributed by atoms with Crippen LogP contribution in [-0.2, 0) is 6.42 Å². The molecule has 0 unspecified atom stereocenters. The molecule has 0 fully saturated rings. The van der Waals surface area contributed by atoms with Gasteiger partial charge >= 0.3 is 0 Å². The fourth-order valence-corrected chi connectivity index (χ4v) is 2.21. The van der Waals surface area contributed by atoms with E-state index in [2.05, 4.69) is 49.1 Å². The summed E-state index contributed by atoms with van der Waals surface area (Å²) in [6, 6.07) is 6.84. The molecule has 0 N–H and O–H groups in total. The maximum atomic E-state index is 2.40. The number of nitrogens with zero attached hydrogens (tertiary/aromatic N) is 1.